The van der Waals surface area contributed by atoms with Crippen LogP contribution in [-0.2, 0) is 0 Å². The molecular weight excluding hydrogens is 112 g/mol. The Morgan fingerprint density at radius 3 is 2.44 bits per heavy atom. The van der Waals surface area contributed by atoms with Gasteiger partial charge in [-0.25, -0.2) is 0 Å². The molecule has 9 heavy (non-hydrogen) atoms. The van der Waals surface area contributed by atoms with Crippen molar-refractivity contribution in [2.75, 3.05) is 20.1 Å². The van der Waals surface area contributed by atoms with Crippen molar-refractivity contribution in [3.63, 3.8) is 0 Å². The SMILES string of the molecule is [CH2]N1CC2CC1CN2C. The highest BCUT2D eigenvalue weighted by molar-refractivity contribution is 4.97. The van der Waals surface area contributed by atoms with Crippen LogP contribution in [0.15, 0.2) is 0 Å². The summed E-state index contributed by atoms with van der Waals surface area (Å²) in [6.07, 6.45) is 1.35. The zero-order valence-corrected chi connectivity index (χ0v) is 5.88. The van der Waals surface area contributed by atoms with Gasteiger partial charge in [0.05, 0.1) is 0 Å². The van der Waals surface area contributed by atoms with Crippen LogP contribution in [0, 0.1) is 7.05 Å². The lowest BCUT2D eigenvalue weighted by atomic mass is 10.2. The first-order chi connectivity index (χ1) is 4.27. The van der Waals surface area contributed by atoms with Gasteiger partial charge in [-0.05, 0) is 13.5 Å². The predicted molar refractivity (Wildman–Crippen MR) is 36.9 cm³/mol. The van der Waals surface area contributed by atoms with Gasteiger partial charge in [-0.3, -0.25) is 4.90 Å². The van der Waals surface area contributed by atoms with E-state index in [0.717, 1.165) is 12.1 Å². The van der Waals surface area contributed by atoms with E-state index in [1.807, 2.05) is 0 Å². The molecule has 2 bridgehead atoms. The Bertz CT molecular complexity index is 106. The molecule has 2 heteroatoms. The summed E-state index contributed by atoms with van der Waals surface area (Å²) in [5.41, 5.74) is 0. The maximum atomic E-state index is 3.96. The minimum absolute atomic E-state index is 0.764. The van der Waals surface area contributed by atoms with Crippen molar-refractivity contribution in [2.24, 2.45) is 0 Å². The Kier molecular flexibility index (Phi) is 1.08. The van der Waals surface area contributed by atoms with Crippen LogP contribution in [0.2, 0.25) is 0 Å². The Labute approximate surface area is 56.4 Å². The highest BCUT2D eigenvalue weighted by Gasteiger charge is 2.39. The third-order valence-corrected chi connectivity index (χ3v) is 2.63. The second kappa shape index (κ2) is 1.70. The largest absolute Gasteiger partial charge is 0.301 e. The maximum Gasteiger partial charge on any atom is 0.0239 e. The number of nitrogens with zero attached hydrogens (tertiary/aromatic N) is 2. The summed E-state index contributed by atoms with van der Waals surface area (Å²) in [6, 6.07) is 1.58. The van der Waals surface area contributed by atoms with Gasteiger partial charge in [-0.2, -0.15) is 0 Å². The van der Waals surface area contributed by atoms with E-state index in [1.54, 1.807) is 0 Å². The van der Waals surface area contributed by atoms with Crippen LogP contribution >= 0.6 is 0 Å². The molecule has 0 N–H and O–H groups in total. The molecule has 2 saturated heterocycles. The van der Waals surface area contributed by atoms with Gasteiger partial charge in [0.25, 0.3) is 0 Å². The summed E-state index contributed by atoms with van der Waals surface area (Å²) in [6.45, 7) is 2.41. The summed E-state index contributed by atoms with van der Waals surface area (Å²) in [7, 11) is 6.17. The Hall–Kier alpha value is -0.0800. The molecule has 1 radical (unpaired) electrons. The van der Waals surface area contributed by atoms with Gasteiger partial charge in [0, 0.05) is 32.2 Å². The minimum atomic E-state index is 0.764. The molecule has 0 aromatic heterocycles. The van der Waals surface area contributed by atoms with Crippen LogP contribution in [0.4, 0.5) is 0 Å². The average molecular weight is 125 g/mol. The summed E-state index contributed by atoms with van der Waals surface area (Å²) < 4.78 is 0. The number of piperazine rings is 1. The summed E-state index contributed by atoms with van der Waals surface area (Å²) in [5.74, 6) is 0. The van der Waals surface area contributed by atoms with E-state index in [9.17, 15) is 0 Å². The Morgan fingerprint density at radius 1 is 1.33 bits per heavy atom. The number of hydrogen-bond acceptors (Lipinski definition) is 2. The van der Waals surface area contributed by atoms with Crippen LogP contribution in [-0.4, -0.2) is 42.0 Å². The van der Waals surface area contributed by atoms with Gasteiger partial charge in [0.15, 0.2) is 0 Å². The fraction of sp³-hybridized carbons (Fsp3) is 0.857. The second-order valence-electron chi connectivity index (χ2n) is 3.25. The van der Waals surface area contributed by atoms with E-state index in [4.69, 9.17) is 0 Å². The van der Waals surface area contributed by atoms with Crippen LogP contribution in [0.1, 0.15) is 6.42 Å². The number of likely N-dealkylation sites (N-methyl/N-ethyl adjacent to an activating group) is 1. The van der Waals surface area contributed by atoms with E-state index in [0.29, 0.717) is 0 Å². The smallest absolute Gasteiger partial charge is 0.0239 e. The molecule has 2 unspecified atom stereocenters. The van der Waals surface area contributed by atoms with Gasteiger partial charge in [-0.15, -0.1) is 0 Å². The first-order valence-electron chi connectivity index (χ1n) is 3.55. The van der Waals surface area contributed by atoms with Crippen LogP contribution < -0.4 is 0 Å². The van der Waals surface area contributed by atoms with Crippen LogP contribution in [0.25, 0.3) is 0 Å². The van der Waals surface area contributed by atoms with Crippen molar-refractivity contribution in [3.05, 3.63) is 7.05 Å². The van der Waals surface area contributed by atoms with Crippen LogP contribution in [0.5, 0.6) is 0 Å². The normalized spacial score (nSPS) is 44.7. The molecule has 2 aliphatic heterocycles. The molecular formula is C7H13N2. The number of likely N-dealkylation sites (tertiary alicyclic amines) is 2. The number of fused-ring (bicyclic) bond motifs is 2. The highest BCUT2D eigenvalue weighted by Crippen LogP contribution is 2.27. The van der Waals surface area contributed by atoms with Gasteiger partial charge >= 0.3 is 0 Å². The third-order valence-electron chi connectivity index (χ3n) is 2.63. The number of hydrogen-bond donors (Lipinski definition) is 0. The fourth-order valence-electron chi connectivity index (χ4n) is 1.95. The van der Waals surface area contributed by atoms with Gasteiger partial charge < -0.3 is 4.90 Å². The van der Waals surface area contributed by atoms with E-state index < -0.39 is 0 Å². The standard InChI is InChI=1S/C7H13N2/c1-8-4-7-3-6(8)5-9(7)2/h6-7H,1,3-5H2,2H3. The zero-order chi connectivity index (χ0) is 6.43. The lowest BCUT2D eigenvalue weighted by Crippen LogP contribution is -2.41. The van der Waals surface area contributed by atoms with Crippen molar-refractivity contribution in [1.82, 2.24) is 9.80 Å². The Morgan fingerprint density at radius 2 is 2.11 bits per heavy atom. The van der Waals surface area contributed by atoms with E-state index in [1.165, 1.54) is 19.5 Å². The first kappa shape index (κ1) is 5.69. The first-order valence-corrected chi connectivity index (χ1v) is 3.55. The Balaban J connectivity index is 2.10. The molecule has 2 aliphatic rings. The molecule has 2 atom stereocenters. The molecule has 0 amide bonds. The summed E-state index contributed by atoms with van der Waals surface area (Å²) in [5, 5.41) is 0. The van der Waals surface area contributed by atoms with Gasteiger partial charge in [0.1, 0.15) is 0 Å². The molecule has 2 rings (SSSR count). The van der Waals surface area contributed by atoms with Crippen molar-refractivity contribution >= 4 is 0 Å². The monoisotopic (exact) mass is 125 g/mol. The zero-order valence-electron chi connectivity index (χ0n) is 5.88. The molecule has 0 aromatic carbocycles. The summed E-state index contributed by atoms with van der Waals surface area (Å²) in [4.78, 5) is 4.66. The average Bonchev–Trinajstić information content (AvgIpc) is 2.24. The molecule has 2 nitrogen and oxygen atoms in total. The molecule has 2 fully saturated rings. The van der Waals surface area contributed by atoms with E-state index >= 15 is 0 Å². The van der Waals surface area contributed by atoms with Crippen molar-refractivity contribution < 1.29 is 0 Å². The quantitative estimate of drug-likeness (QED) is 0.455. The fourth-order valence-corrected chi connectivity index (χ4v) is 1.95. The maximum absolute atomic E-state index is 3.96. The highest BCUT2D eigenvalue weighted by atomic mass is 15.3. The van der Waals surface area contributed by atoms with Crippen molar-refractivity contribution in [1.29, 1.82) is 0 Å². The van der Waals surface area contributed by atoms with Gasteiger partial charge in [-0.1, -0.05) is 0 Å². The second-order valence-corrected chi connectivity index (χ2v) is 3.25. The summed E-state index contributed by atoms with van der Waals surface area (Å²) >= 11 is 0. The molecule has 0 saturated carbocycles. The molecule has 0 aliphatic carbocycles. The molecule has 2 heterocycles. The van der Waals surface area contributed by atoms with E-state index in [2.05, 4.69) is 23.9 Å². The van der Waals surface area contributed by atoms with Gasteiger partial charge in [0.2, 0.25) is 0 Å². The molecule has 0 aromatic rings. The predicted octanol–water partition coefficient (Wildman–Crippen LogP) is 0.166. The van der Waals surface area contributed by atoms with E-state index in [-0.39, 0.29) is 0 Å². The number of rotatable bonds is 0. The minimum Gasteiger partial charge on any atom is -0.301 e. The lowest BCUT2D eigenvalue weighted by Gasteiger charge is -2.28. The lowest BCUT2D eigenvalue weighted by molar-refractivity contribution is 0.191. The van der Waals surface area contributed by atoms with Crippen LogP contribution in [0.3, 0.4) is 0 Å². The molecule has 51 valence electrons. The van der Waals surface area contributed by atoms with Crippen molar-refractivity contribution in [3.8, 4) is 0 Å². The third kappa shape index (κ3) is 0.700. The molecule has 0 spiro atoms. The van der Waals surface area contributed by atoms with Crippen molar-refractivity contribution in [2.45, 2.75) is 18.5 Å². The topological polar surface area (TPSA) is 6.48 Å².